The van der Waals surface area contributed by atoms with E-state index in [0.717, 1.165) is 5.69 Å². The number of benzene rings is 1. The average molecular weight is 289 g/mol. The Bertz CT molecular complexity index is 664. The summed E-state index contributed by atoms with van der Waals surface area (Å²) in [5, 5.41) is 10.7. The van der Waals surface area contributed by atoms with Crippen LogP contribution in [-0.2, 0) is 6.61 Å². The Hall–Kier alpha value is -2.70. The van der Waals surface area contributed by atoms with Crippen molar-refractivity contribution < 1.29 is 14.5 Å². The molecule has 1 aromatic carbocycles. The molecule has 0 atom stereocenters. The molecule has 1 aromatic heterocycles. The number of carbonyl (C=O) groups is 1. The summed E-state index contributed by atoms with van der Waals surface area (Å²) in [7, 11) is 0. The summed E-state index contributed by atoms with van der Waals surface area (Å²) in [6, 6.07) is 4.18. The van der Waals surface area contributed by atoms with Crippen LogP contribution in [0.3, 0.4) is 0 Å². The number of nitro groups is 1. The molecule has 7 nitrogen and oxygen atoms in total. The molecule has 7 heteroatoms. The van der Waals surface area contributed by atoms with Crippen molar-refractivity contribution in [2.45, 2.75) is 26.5 Å². The number of hydrogen-bond donors (Lipinski definition) is 0. The van der Waals surface area contributed by atoms with Gasteiger partial charge < -0.3 is 9.30 Å². The molecule has 0 spiro atoms. The molecule has 2 rings (SSSR count). The molecule has 1 heterocycles. The van der Waals surface area contributed by atoms with Gasteiger partial charge in [0.25, 0.3) is 5.69 Å². The number of nitrogens with zero attached hydrogens (tertiary/aromatic N) is 3. The summed E-state index contributed by atoms with van der Waals surface area (Å²) in [5.74, 6) is 0.312. The third-order valence-corrected chi connectivity index (χ3v) is 3.01. The number of imidazole rings is 1. The molecule has 21 heavy (non-hydrogen) atoms. The van der Waals surface area contributed by atoms with Gasteiger partial charge in [0.05, 0.1) is 28.7 Å². The minimum absolute atomic E-state index is 0.142. The van der Waals surface area contributed by atoms with Crippen molar-refractivity contribution in [2.75, 3.05) is 0 Å². The van der Waals surface area contributed by atoms with Crippen LogP contribution in [0.15, 0.2) is 30.7 Å². The second kappa shape index (κ2) is 6.17. The first-order valence-electron chi connectivity index (χ1n) is 6.40. The predicted molar refractivity (Wildman–Crippen MR) is 75.4 cm³/mol. The summed E-state index contributed by atoms with van der Waals surface area (Å²) < 4.78 is 7.53. The topological polar surface area (TPSA) is 87.3 Å². The van der Waals surface area contributed by atoms with Gasteiger partial charge in [0.15, 0.2) is 6.29 Å². The summed E-state index contributed by atoms with van der Waals surface area (Å²) in [6.07, 6.45) is 3.94. The summed E-state index contributed by atoms with van der Waals surface area (Å²) in [6.45, 7) is 4.28. The molecule has 0 aliphatic carbocycles. The molecule has 0 fully saturated rings. The highest BCUT2D eigenvalue weighted by Crippen LogP contribution is 2.24. The van der Waals surface area contributed by atoms with Crippen molar-refractivity contribution in [3.05, 3.63) is 52.1 Å². The summed E-state index contributed by atoms with van der Waals surface area (Å²) in [4.78, 5) is 25.2. The lowest BCUT2D eigenvalue weighted by atomic mass is 10.2. The van der Waals surface area contributed by atoms with Gasteiger partial charge in [-0.1, -0.05) is 0 Å². The van der Waals surface area contributed by atoms with Gasteiger partial charge in [-0.15, -0.1) is 0 Å². The fourth-order valence-corrected chi connectivity index (χ4v) is 1.93. The minimum Gasteiger partial charge on any atom is -0.487 e. The molecule has 0 N–H and O–H groups in total. The van der Waals surface area contributed by atoms with Crippen molar-refractivity contribution in [2.24, 2.45) is 0 Å². The molecule has 0 aliphatic heterocycles. The van der Waals surface area contributed by atoms with Gasteiger partial charge in [0.1, 0.15) is 12.4 Å². The Morgan fingerprint density at radius 1 is 1.48 bits per heavy atom. The van der Waals surface area contributed by atoms with Gasteiger partial charge in [-0.2, -0.15) is 0 Å². The molecule has 0 unspecified atom stereocenters. The highest BCUT2D eigenvalue weighted by atomic mass is 16.6. The zero-order valence-electron chi connectivity index (χ0n) is 11.7. The highest BCUT2D eigenvalue weighted by molar-refractivity contribution is 5.80. The van der Waals surface area contributed by atoms with Crippen molar-refractivity contribution in [3.63, 3.8) is 0 Å². The maximum atomic E-state index is 11.0. The van der Waals surface area contributed by atoms with Gasteiger partial charge >= 0.3 is 0 Å². The summed E-state index contributed by atoms with van der Waals surface area (Å²) >= 11 is 0. The quantitative estimate of drug-likeness (QED) is 0.463. The monoisotopic (exact) mass is 289 g/mol. The lowest BCUT2D eigenvalue weighted by molar-refractivity contribution is -0.384. The number of non-ortho nitro benzene ring substituents is 1. The number of carbonyl (C=O) groups excluding carboxylic acids is 1. The molecule has 0 aliphatic rings. The van der Waals surface area contributed by atoms with E-state index in [-0.39, 0.29) is 23.9 Å². The Kier molecular flexibility index (Phi) is 4.32. The van der Waals surface area contributed by atoms with Crippen LogP contribution in [0.1, 0.15) is 35.9 Å². The van der Waals surface area contributed by atoms with Gasteiger partial charge in [-0.25, -0.2) is 4.98 Å². The van der Waals surface area contributed by atoms with Crippen LogP contribution in [-0.4, -0.2) is 20.8 Å². The number of nitro benzene ring substituents is 1. The fraction of sp³-hybridized carbons (Fsp3) is 0.286. The van der Waals surface area contributed by atoms with Crippen LogP contribution in [0.4, 0.5) is 5.69 Å². The molecular formula is C14H15N3O4. The van der Waals surface area contributed by atoms with E-state index >= 15 is 0 Å². The number of hydrogen-bond acceptors (Lipinski definition) is 5. The first-order valence-corrected chi connectivity index (χ1v) is 6.40. The van der Waals surface area contributed by atoms with Crippen LogP contribution in [0.5, 0.6) is 5.75 Å². The zero-order valence-corrected chi connectivity index (χ0v) is 11.7. The third kappa shape index (κ3) is 3.25. The van der Waals surface area contributed by atoms with E-state index in [1.165, 1.54) is 18.2 Å². The van der Waals surface area contributed by atoms with E-state index in [2.05, 4.69) is 4.98 Å². The number of aldehydes is 1. The van der Waals surface area contributed by atoms with E-state index in [1.807, 2.05) is 18.4 Å². The van der Waals surface area contributed by atoms with Crippen molar-refractivity contribution >= 4 is 12.0 Å². The Morgan fingerprint density at radius 3 is 2.86 bits per heavy atom. The normalized spacial score (nSPS) is 10.6. The number of ether oxygens (including phenoxy) is 1. The van der Waals surface area contributed by atoms with Gasteiger partial charge in [-0.05, 0) is 19.9 Å². The van der Waals surface area contributed by atoms with Crippen molar-refractivity contribution in [1.82, 2.24) is 9.55 Å². The van der Waals surface area contributed by atoms with Crippen LogP contribution in [0.2, 0.25) is 0 Å². The first kappa shape index (κ1) is 14.7. The van der Waals surface area contributed by atoms with Gasteiger partial charge in [0, 0.05) is 18.2 Å². The SMILES string of the molecule is CC(C)n1cncc1COc1ccc([N+](=O)[O-])cc1C=O. The highest BCUT2D eigenvalue weighted by Gasteiger charge is 2.12. The van der Waals surface area contributed by atoms with Crippen LogP contribution in [0.25, 0.3) is 0 Å². The fourth-order valence-electron chi connectivity index (χ4n) is 1.93. The van der Waals surface area contributed by atoms with E-state index in [9.17, 15) is 14.9 Å². The standard InChI is InChI=1S/C14H15N3O4/c1-10(2)16-9-15-6-13(16)8-21-14-4-3-12(17(19)20)5-11(14)7-18/h3-7,9-10H,8H2,1-2H3. The molecule has 0 saturated heterocycles. The molecule has 0 radical (unpaired) electrons. The van der Waals surface area contributed by atoms with Gasteiger partial charge in [0.2, 0.25) is 0 Å². The smallest absolute Gasteiger partial charge is 0.270 e. The zero-order chi connectivity index (χ0) is 15.4. The van der Waals surface area contributed by atoms with Gasteiger partial charge in [-0.3, -0.25) is 14.9 Å². The number of rotatable bonds is 6. The lowest BCUT2D eigenvalue weighted by Crippen LogP contribution is -2.08. The minimum atomic E-state index is -0.551. The molecule has 0 amide bonds. The Morgan fingerprint density at radius 2 is 2.24 bits per heavy atom. The van der Waals surface area contributed by atoms with E-state index < -0.39 is 4.92 Å². The third-order valence-electron chi connectivity index (χ3n) is 3.01. The maximum absolute atomic E-state index is 11.0. The van der Waals surface area contributed by atoms with Crippen LogP contribution in [0, 0.1) is 10.1 Å². The number of aromatic nitrogens is 2. The maximum Gasteiger partial charge on any atom is 0.270 e. The van der Waals surface area contributed by atoms with Crippen molar-refractivity contribution in [3.8, 4) is 5.75 Å². The molecule has 0 bridgehead atoms. The molecular weight excluding hydrogens is 274 g/mol. The summed E-state index contributed by atoms with van der Waals surface area (Å²) in [5.41, 5.74) is 0.872. The van der Waals surface area contributed by atoms with Crippen LogP contribution < -0.4 is 4.74 Å². The van der Waals surface area contributed by atoms with E-state index in [1.54, 1.807) is 12.5 Å². The average Bonchev–Trinajstić information content (AvgIpc) is 2.93. The first-order chi connectivity index (χ1) is 10.0. The van der Waals surface area contributed by atoms with E-state index in [4.69, 9.17) is 4.74 Å². The Balaban J connectivity index is 2.18. The predicted octanol–water partition coefficient (Wildman–Crippen LogP) is 2.76. The molecule has 0 saturated carbocycles. The molecule has 2 aromatic rings. The Labute approximate surface area is 121 Å². The largest absolute Gasteiger partial charge is 0.487 e. The molecule has 110 valence electrons. The second-order valence-electron chi connectivity index (χ2n) is 4.77. The van der Waals surface area contributed by atoms with Crippen LogP contribution >= 0.6 is 0 Å². The van der Waals surface area contributed by atoms with E-state index in [0.29, 0.717) is 12.0 Å². The lowest BCUT2D eigenvalue weighted by Gasteiger charge is -2.13. The van der Waals surface area contributed by atoms with Crippen molar-refractivity contribution in [1.29, 1.82) is 0 Å². The second-order valence-corrected chi connectivity index (χ2v) is 4.77.